The number of benzene rings is 6. The molecular weight excluding hydrogens is 615 g/mol. The smallest absolute Gasteiger partial charge is 0.160 e. The summed E-state index contributed by atoms with van der Waals surface area (Å²) in [5.41, 5.74) is 12.0. The standard InChI is InChI=1S/C45H27N3O2/c1-2-11-29(12-3-1)45-47-38(31-14-5-4-13-30(31)28-23-25-46-26-24-28)27-39(48-45)36-22-21-35(44-42(36)37-16-7-9-20-41(37)50-44)34-18-10-17-33-32-15-6-8-19-40(32)49-43(33)34/h1-27H. The lowest BCUT2D eigenvalue weighted by Gasteiger charge is -2.14. The molecule has 0 aliphatic heterocycles. The highest BCUT2D eigenvalue weighted by Gasteiger charge is 2.22. The zero-order valence-corrected chi connectivity index (χ0v) is 26.7. The van der Waals surface area contributed by atoms with Gasteiger partial charge < -0.3 is 8.83 Å². The monoisotopic (exact) mass is 641 g/mol. The van der Waals surface area contributed by atoms with Gasteiger partial charge in [0.25, 0.3) is 0 Å². The summed E-state index contributed by atoms with van der Waals surface area (Å²) in [5, 5.41) is 4.19. The largest absolute Gasteiger partial charge is 0.455 e. The van der Waals surface area contributed by atoms with Gasteiger partial charge in [-0.2, -0.15) is 0 Å². The molecule has 234 valence electrons. The molecule has 0 radical (unpaired) electrons. The minimum absolute atomic E-state index is 0.653. The molecular formula is C45H27N3O2. The van der Waals surface area contributed by atoms with Crippen molar-refractivity contribution in [1.29, 1.82) is 0 Å². The summed E-state index contributed by atoms with van der Waals surface area (Å²) in [4.78, 5) is 14.7. The molecule has 0 spiro atoms. The fourth-order valence-electron chi connectivity index (χ4n) is 7.14. The highest BCUT2D eigenvalue weighted by Crippen LogP contribution is 2.45. The fraction of sp³-hybridized carbons (Fsp3) is 0. The lowest BCUT2D eigenvalue weighted by Crippen LogP contribution is -1.97. The number of fused-ring (bicyclic) bond motifs is 6. The molecule has 0 aliphatic rings. The van der Waals surface area contributed by atoms with Crippen molar-refractivity contribution in [2.24, 2.45) is 0 Å². The Bertz CT molecular complexity index is 2870. The third kappa shape index (κ3) is 4.52. The van der Waals surface area contributed by atoms with E-state index in [2.05, 4.69) is 96.0 Å². The molecule has 4 heterocycles. The molecule has 0 saturated carbocycles. The molecule has 5 heteroatoms. The first-order chi connectivity index (χ1) is 24.8. The third-order valence-corrected chi connectivity index (χ3v) is 9.45. The van der Waals surface area contributed by atoms with Gasteiger partial charge >= 0.3 is 0 Å². The quantitative estimate of drug-likeness (QED) is 0.187. The van der Waals surface area contributed by atoms with Crippen LogP contribution >= 0.6 is 0 Å². The highest BCUT2D eigenvalue weighted by atomic mass is 16.3. The van der Waals surface area contributed by atoms with Crippen molar-refractivity contribution in [3.05, 3.63) is 164 Å². The predicted molar refractivity (Wildman–Crippen MR) is 202 cm³/mol. The van der Waals surface area contributed by atoms with E-state index in [0.717, 1.165) is 94.2 Å². The van der Waals surface area contributed by atoms with E-state index >= 15 is 0 Å². The molecule has 0 atom stereocenters. The second kappa shape index (κ2) is 11.4. The lowest BCUT2D eigenvalue weighted by atomic mass is 9.94. The Morgan fingerprint density at radius 2 is 0.960 bits per heavy atom. The highest BCUT2D eigenvalue weighted by molar-refractivity contribution is 6.18. The number of hydrogen-bond acceptors (Lipinski definition) is 5. The van der Waals surface area contributed by atoms with Crippen LogP contribution in [0.25, 0.3) is 100 Å². The van der Waals surface area contributed by atoms with E-state index in [4.69, 9.17) is 18.8 Å². The van der Waals surface area contributed by atoms with Crippen LogP contribution in [0.4, 0.5) is 0 Å². The van der Waals surface area contributed by atoms with Crippen molar-refractivity contribution in [3.8, 4) is 56.2 Å². The molecule has 0 amide bonds. The maximum Gasteiger partial charge on any atom is 0.160 e. The number of pyridine rings is 1. The summed E-state index contributed by atoms with van der Waals surface area (Å²) in [7, 11) is 0. The van der Waals surface area contributed by atoms with Crippen LogP contribution in [0.15, 0.2) is 173 Å². The van der Waals surface area contributed by atoms with Gasteiger partial charge in [-0.15, -0.1) is 0 Å². The van der Waals surface area contributed by atoms with Gasteiger partial charge in [-0.25, -0.2) is 9.97 Å². The summed E-state index contributed by atoms with van der Waals surface area (Å²) in [6, 6.07) is 51.7. The Morgan fingerprint density at radius 3 is 1.78 bits per heavy atom. The van der Waals surface area contributed by atoms with E-state index in [-0.39, 0.29) is 0 Å². The minimum atomic E-state index is 0.653. The van der Waals surface area contributed by atoms with Gasteiger partial charge in [0.1, 0.15) is 22.3 Å². The van der Waals surface area contributed by atoms with Crippen molar-refractivity contribution >= 4 is 43.9 Å². The first-order valence-corrected chi connectivity index (χ1v) is 16.6. The molecule has 0 N–H and O–H groups in total. The molecule has 10 rings (SSSR count). The van der Waals surface area contributed by atoms with Crippen molar-refractivity contribution in [2.45, 2.75) is 0 Å². The number of aromatic nitrogens is 3. The SMILES string of the molecule is c1ccc(-c2nc(-c3ccccc3-c3ccncc3)cc(-c3ccc(-c4cccc5c4oc4ccccc45)c4oc5ccccc5c34)n2)cc1. The lowest BCUT2D eigenvalue weighted by molar-refractivity contribution is 0.665. The summed E-state index contributed by atoms with van der Waals surface area (Å²) >= 11 is 0. The van der Waals surface area contributed by atoms with Gasteiger partial charge in [0.2, 0.25) is 0 Å². The topological polar surface area (TPSA) is 65.0 Å². The average Bonchev–Trinajstić information content (AvgIpc) is 3.77. The fourth-order valence-corrected chi connectivity index (χ4v) is 7.14. The van der Waals surface area contributed by atoms with E-state index in [1.165, 1.54) is 0 Å². The Balaban J connectivity index is 1.25. The van der Waals surface area contributed by atoms with E-state index in [0.29, 0.717) is 5.82 Å². The maximum atomic E-state index is 6.74. The summed E-state index contributed by atoms with van der Waals surface area (Å²) in [5.74, 6) is 0.653. The van der Waals surface area contributed by atoms with Crippen LogP contribution < -0.4 is 0 Å². The minimum Gasteiger partial charge on any atom is -0.455 e. The van der Waals surface area contributed by atoms with E-state index in [9.17, 15) is 0 Å². The van der Waals surface area contributed by atoms with Crippen LogP contribution in [-0.2, 0) is 0 Å². The zero-order valence-electron chi connectivity index (χ0n) is 26.7. The number of para-hydroxylation sites is 3. The summed E-state index contributed by atoms with van der Waals surface area (Å²) in [6.07, 6.45) is 3.64. The van der Waals surface area contributed by atoms with Gasteiger partial charge in [-0.3, -0.25) is 4.98 Å². The molecule has 6 aromatic carbocycles. The van der Waals surface area contributed by atoms with Gasteiger partial charge in [-0.05, 0) is 47.5 Å². The van der Waals surface area contributed by atoms with Crippen LogP contribution in [0.5, 0.6) is 0 Å². The molecule has 0 bridgehead atoms. The second-order valence-electron chi connectivity index (χ2n) is 12.4. The number of hydrogen-bond donors (Lipinski definition) is 0. The van der Waals surface area contributed by atoms with Crippen LogP contribution in [0.2, 0.25) is 0 Å². The summed E-state index contributed by atoms with van der Waals surface area (Å²) in [6.45, 7) is 0. The molecule has 4 aromatic heterocycles. The number of nitrogens with zero attached hydrogens (tertiary/aromatic N) is 3. The number of rotatable bonds is 5. The third-order valence-electron chi connectivity index (χ3n) is 9.45. The van der Waals surface area contributed by atoms with Gasteiger partial charge in [-0.1, -0.05) is 115 Å². The Labute approximate surface area is 287 Å². The molecule has 0 unspecified atom stereocenters. The molecule has 0 fully saturated rings. The molecule has 0 saturated heterocycles. The zero-order chi connectivity index (χ0) is 33.0. The Kier molecular flexibility index (Phi) is 6.42. The molecule has 0 aliphatic carbocycles. The molecule has 10 aromatic rings. The van der Waals surface area contributed by atoms with Crippen molar-refractivity contribution < 1.29 is 8.83 Å². The van der Waals surface area contributed by atoms with Gasteiger partial charge in [0.15, 0.2) is 5.82 Å². The van der Waals surface area contributed by atoms with E-state index < -0.39 is 0 Å². The van der Waals surface area contributed by atoms with Crippen LogP contribution in [0.1, 0.15) is 0 Å². The molecule has 50 heavy (non-hydrogen) atoms. The maximum absolute atomic E-state index is 6.74. The second-order valence-corrected chi connectivity index (χ2v) is 12.4. The van der Waals surface area contributed by atoms with Crippen molar-refractivity contribution in [3.63, 3.8) is 0 Å². The first kappa shape index (κ1) is 28.2. The van der Waals surface area contributed by atoms with Crippen molar-refractivity contribution in [2.75, 3.05) is 0 Å². The molecule has 5 nitrogen and oxygen atoms in total. The summed E-state index contributed by atoms with van der Waals surface area (Å²) < 4.78 is 13.2. The predicted octanol–water partition coefficient (Wildman–Crippen LogP) is 12.0. The van der Waals surface area contributed by atoms with Crippen LogP contribution in [0, 0.1) is 0 Å². The van der Waals surface area contributed by atoms with Crippen LogP contribution in [-0.4, -0.2) is 15.0 Å². The number of furan rings is 2. The Morgan fingerprint density at radius 1 is 0.380 bits per heavy atom. The van der Waals surface area contributed by atoms with Gasteiger partial charge in [0, 0.05) is 61.8 Å². The average molecular weight is 642 g/mol. The first-order valence-electron chi connectivity index (χ1n) is 16.6. The van der Waals surface area contributed by atoms with Crippen LogP contribution in [0.3, 0.4) is 0 Å². The Hall–Kier alpha value is -6.85. The van der Waals surface area contributed by atoms with E-state index in [1.54, 1.807) is 0 Å². The van der Waals surface area contributed by atoms with Crippen molar-refractivity contribution in [1.82, 2.24) is 15.0 Å². The van der Waals surface area contributed by atoms with E-state index in [1.807, 2.05) is 73.1 Å². The van der Waals surface area contributed by atoms with Gasteiger partial charge in [0.05, 0.1) is 11.4 Å². The normalized spacial score (nSPS) is 11.6.